The highest BCUT2D eigenvalue weighted by Crippen LogP contribution is 2.30. The topological polar surface area (TPSA) is 60.2 Å². The lowest BCUT2D eigenvalue weighted by atomic mass is 9.83. The van der Waals surface area contributed by atoms with Gasteiger partial charge in [-0.1, -0.05) is 18.2 Å². The molecule has 3 N–H and O–H groups in total. The lowest BCUT2D eigenvalue weighted by molar-refractivity contribution is -0.0125. The minimum atomic E-state index is 0.152. The van der Waals surface area contributed by atoms with Crippen molar-refractivity contribution in [1.82, 2.24) is 4.98 Å². The minimum Gasteiger partial charge on any atom is -0.378 e. The number of nitrogens with zero attached hydrogens (tertiary/aromatic N) is 1. The predicted octanol–water partition coefficient (Wildman–Crippen LogP) is 2.46. The zero-order valence-corrected chi connectivity index (χ0v) is 12.0. The highest BCUT2D eigenvalue weighted by Gasteiger charge is 2.39. The molecule has 0 radical (unpaired) electrons. The molecule has 2 aromatic rings. The smallest absolute Gasteiger partial charge is 0.0806 e. The van der Waals surface area contributed by atoms with Crippen molar-refractivity contribution in [2.75, 3.05) is 11.9 Å². The van der Waals surface area contributed by atoms with Crippen LogP contribution in [-0.2, 0) is 4.74 Å². The summed E-state index contributed by atoms with van der Waals surface area (Å²) in [4.78, 5) is 4.56. The predicted molar refractivity (Wildman–Crippen MR) is 81.9 cm³/mol. The van der Waals surface area contributed by atoms with Gasteiger partial charge in [0, 0.05) is 29.4 Å². The van der Waals surface area contributed by atoms with Gasteiger partial charge in [-0.15, -0.1) is 0 Å². The molecule has 4 heteroatoms. The first kappa shape index (κ1) is 13.3. The summed E-state index contributed by atoms with van der Waals surface area (Å²) in [6, 6.07) is 10.6. The average Bonchev–Trinajstić information content (AvgIpc) is 2.44. The Kier molecular flexibility index (Phi) is 3.59. The molecular formula is C16H21N3O. The van der Waals surface area contributed by atoms with Gasteiger partial charge in [0.05, 0.1) is 17.7 Å². The number of anilines is 1. The van der Waals surface area contributed by atoms with Gasteiger partial charge in [-0.2, -0.15) is 0 Å². The fourth-order valence-electron chi connectivity index (χ4n) is 2.83. The molecule has 106 valence electrons. The summed E-state index contributed by atoms with van der Waals surface area (Å²) in [6.45, 7) is 4.76. The van der Waals surface area contributed by atoms with Gasteiger partial charge in [0.1, 0.15) is 0 Å². The van der Waals surface area contributed by atoms with Crippen LogP contribution in [0, 0.1) is 6.92 Å². The molecule has 1 saturated carbocycles. The first-order chi connectivity index (χ1) is 9.69. The molecule has 1 aliphatic carbocycles. The summed E-state index contributed by atoms with van der Waals surface area (Å²) in [5.41, 5.74) is 9.23. The van der Waals surface area contributed by atoms with E-state index in [1.54, 1.807) is 0 Å². The van der Waals surface area contributed by atoms with Crippen molar-refractivity contribution in [3.63, 3.8) is 0 Å². The molecule has 0 bridgehead atoms. The van der Waals surface area contributed by atoms with Crippen molar-refractivity contribution >= 4 is 16.6 Å². The molecule has 3 rings (SSSR count). The van der Waals surface area contributed by atoms with Gasteiger partial charge in [-0.05, 0) is 32.4 Å². The molecule has 0 spiro atoms. The zero-order valence-electron chi connectivity index (χ0n) is 12.0. The number of hydrogen-bond donors (Lipinski definition) is 2. The third kappa shape index (κ3) is 2.37. The number of aromatic nitrogens is 1. The first-order valence-electron chi connectivity index (χ1n) is 7.19. The zero-order chi connectivity index (χ0) is 14.1. The molecule has 1 aromatic heterocycles. The maximum atomic E-state index is 6.12. The van der Waals surface area contributed by atoms with Crippen molar-refractivity contribution in [3.05, 3.63) is 36.0 Å². The SMILES string of the molecule is CCOC1CC(N)C1Nc1cc(C)nc2ccccc12. The molecule has 0 saturated heterocycles. The number of nitrogens with two attached hydrogens (primary N) is 1. The van der Waals surface area contributed by atoms with E-state index in [0.29, 0.717) is 0 Å². The number of para-hydroxylation sites is 1. The lowest BCUT2D eigenvalue weighted by Crippen LogP contribution is -2.60. The van der Waals surface area contributed by atoms with E-state index in [1.807, 2.05) is 32.0 Å². The van der Waals surface area contributed by atoms with E-state index in [4.69, 9.17) is 10.5 Å². The Morgan fingerprint density at radius 3 is 2.95 bits per heavy atom. The van der Waals surface area contributed by atoms with Gasteiger partial charge in [0.25, 0.3) is 0 Å². The van der Waals surface area contributed by atoms with E-state index < -0.39 is 0 Å². The van der Waals surface area contributed by atoms with E-state index >= 15 is 0 Å². The minimum absolute atomic E-state index is 0.152. The van der Waals surface area contributed by atoms with Crippen molar-refractivity contribution in [1.29, 1.82) is 0 Å². The summed E-state index contributed by atoms with van der Waals surface area (Å²) in [7, 11) is 0. The summed E-state index contributed by atoms with van der Waals surface area (Å²) in [5, 5.41) is 4.69. The lowest BCUT2D eigenvalue weighted by Gasteiger charge is -2.43. The normalized spacial score (nSPS) is 25.4. The van der Waals surface area contributed by atoms with Crippen LogP contribution in [0.2, 0.25) is 0 Å². The Balaban J connectivity index is 1.90. The molecule has 0 aliphatic heterocycles. The number of nitrogens with one attached hydrogen (secondary N) is 1. The Labute approximate surface area is 119 Å². The molecule has 3 atom stereocenters. The van der Waals surface area contributed by atoms with E-state index in [2.05, 4.69) is 22.4 Å². The Morgan fingerprint density at radius 2 is 2.20 bits per heavy atom. The van der Waals surface area contributed by atoms with Gasteiger partial charge >= 0.3 is 0 Å². The molecule has 1 aliphatic rings. The highest BCUT2D eigenvalue weighted by molar-refractivity contribution is 5.91. The van der Waals surface area contributed by atoms with Gasteiger partial charge in [0.2, 0.25) is 0 Å². The van der Waals surface area contributed by atoms with E-state index in [0.717, 1.165) is 35.3 Å². The maximum Gasteiger partial charge on any atom is 0.0806 e. The second kappa shape index (κ2) is 5.38. The average molecular weight is 271 g/mol. The van der Waals surface area contributed by atoms with Crippen LogP contribution in [0.3, 0.4) is 0 Å². The van der Waals surface area contributed by atoms with Gasteiger partial charge < -0.3 is 15.8 Å². The van der Waals surface area contributed by atoms with Crippen LogP contribution < -0.4 is 11.1 Å². The summed E-state index contributed by atoms with van der Waals surface area (Å²) < 4.78 is 5.72. The van der Waals surface area contributed by atoms with Gasteiger partial charge in [-0.25, -0.2) is 0 Å². The first-order valence-corrected chi connectivity index (χ1v) is 7.19. The summed E-state index contributed by atoms with van der Waals surface area (Å²) in [5.74, 6) is 0. The number of ether oxygens (including phenoxy) is 1. The molecule has 1 fully saturated rings. The second-order valence-corrected chi connectivity index (χ2v) is 5.39. The van der Waals surface area contributed by atoms with Gasteiger partial charge in [0.15, 0.2) is 0 Å². The third-order valence-electron chi connectivity index (χ3n) is 3.91. The van der Waals surface area contributed by atoms with E-state index in [9.17, 15) is 0 Å². The molecule has 0 amide bonds. The van der Waals surface area contributed by atoms with E-state index in [-0.39, 0.29) is 18.2 Å². The molecule has 1 heterocycles. The van der Waals surface area contributed by atoms with Crippen molar-refractivity contribution in [3.8, 4) is 0 Å². The Hall–Kier alpha value is -1.65. The molecule has 1 aromatic carbocycles. The van der Waals surface area contributed by atoms with Crippen molar-refractivity contribution in [2.45, 2.75) is 38.5 Å². The molecule has 20 heavy (non-hydrogen) atoms. The number of benzene rings is 1. The number of pyridine rings is 1. The van der Waals surface area contributed by atoms with Crippen LogP contribution in [0.25, 0.3) is 10.9 Å². The Bertz CT molecular complexity index is 612. The largest absolute Gasteiger partial charge is 0.378 e. The number of hydrogen-bond acceptors (Lipinski definition) is 4. The fraction of sp³-hybridized carbons (Fsp3) is 0.438. The third-order valence-corrected chi connectivity index (χ3v) is 3.91. The van der Waals surface area contributed by atoms with Gasteiger partial charge in [-0.3, -0.25) is 4.98 Å². The number of rotatable bonds is 4. The monoisotopic (exact) mass is 271 g/mol. The van der Waals surface area contributed by atoms with Crippen LogP contribution in [-0.4, -0.2) is 29.8 Å². The molecule has 4 nitrogen and oxygen atoms in total. The van der Waals surface area contributed by atoms with E-state index in [1.165, 1.54) is 0 Å². The van der Waals surface area contributed by atoms with Crippen LogP contribution in [0.15, 0.2) is 30.3 Å². The Morgan fingerprint density at radius 1 is 1.40 bits per heavy atom. The highest BCUT2D eigenvalue weighted by atomic mass is 16.5. The number of aryl methyl sites for hydroxylation is 1. The maximum absolute atomic E-state index is 6.12. The quantitative estimate of drug-likeness (QED) is 0.896. The second-order valence-electron chi connectivity index (χ2n) is 5.39. The van der Waals surface area contributed by atoms with Crippen LogP contribution in [0.5, 0.6) is 0 Å². The van der Waals surface area contributed by atoms with Crippen LogP contribution in [0.1, 0.15) is 19.0 Å². The van der Waals surface area contributed by atoms with Crippen LogP contribution in [0.4, 0.5) is 5.69 Å². The standard InChI is InChI=1S/C16H21N3O/c1-3-20-15-9-12(17)16(15)19-14-8-10(2)18-13-7-5-4-6-11(13)14/h4-8,12,15-16H,3,9,17H2,1-2H3,(H,18,19). The fourth-order valence-corrected chi connectivity index (χ4v) is 2.83. The van der Waals surface area contributed by atoms with Crippen LogP contribution >= 0.6 is 0 Å². The molecule has 3 unspecified atom stereocenters. The summed E-state index contributed by atoms with van der Waals surface area (Å²) >= 11 is 0. The summed E-state index contributed by atoms with van der Waals surface area (Å²) in [6.07, 6.45) is 1.13. The molecular weight excluding hydrogens is 250 g/mol. The van der Waals surface area contributed by atoms with Crippen molar-refractivity contribution in [2.24, 2.45) is 5.73 Å². The van der Waals surface area contributed by atoms with Crippen molar-refractivity contribution < 1.29 is 4.74 Å². The number of fused-ring (bicyclic) bond motifs is 1.